The van der Waals surface area contributed by atoms with Crippen molar-refractivity contribution in [2.24, 2.45) is 0 Å². The molecule has 5 nitrogen and oxygen atoms in total. The van der Waals surface area contributed by atoms with E-state index in [4.69, 9.17) is 9.84 Å². The molecule has 1 unspecified atom stereocenters. The van der Waals surface area contributed by atoms with Crippen molar-refractivity contribution in [1.29, 1.82) is 0 Å². The van der Waals surface area contributed by atoms with Crippen LogP contribution in [0.15, 0.2) is 6.07 Å². The summed E-state index contributed by atoms with van der Waals surface area (Å²) in [6.45, 7) is 4.48. The Balaban J connectivity index is 2.67. The molecule has 0 aliphatic heterocycles. The summed E-state index contributed by atoms with van der Waals surface area (Å²) < 4.78 is 4.89. The van der Waals surface area contributed by atoms with Gasteiger partial charge in [-0.1, -0.05) is 6.92 Å². The average molecular weight is 299 g/mol. The van der Waals surface area contributed by atoms with Crippen LogP contribution in [0.25, 0.3) is 0 Å². The molecule has 0 aliphatic carbocycles. The summed E-state index contributed by atoms with van der Waals surface area (Å²) in [6, 6.07) is 0.966. The molecule has 112 valence electrons. The molecule has 1 atom stereocenters. The number of hydrogen-bond acceptors (Lipinski definition) is 4. The number of amides is 1. The Hall–Kier alpha value is -1.40. The zero-order valence-electron chi connectivity index (χ0n) is 12.1. The minimum absolute atomic E-state index is 0.317. The number of aliphatic carboxylic acids is 1. The van der Waals surface area contributed by atoms with E-state index in [9.17, 15) is 9.59 Å². The molecule has 0 bridgehead atoms. The lowest BCUT2D eigenvalue weighted by atomic mass is 10.1. The number of ether oxygens (including phenoxy) is 1. The van der Waals surface area contributed by atoms with Crippen LogP contribution in [0.3, 0.4) is 0 Å². The van der Waals surface area contributed by atoms with Gasteiger partial charge in [-0.05, 0) is 37.8 Å². The normalized spacial score (nSPS) is 12.2. The van der Waals surface area contributed by atoms with Crippen molar-refractivity contribution in [3.8, 4) is 0 Å². The third-order valence-electron chi connectivity index (χ3n) is 3.07. The summed E-state index contributed by atoms with van der Waals surface area (Å²) in [4.78, 5) is 24.9. The second kappa shape index (κ2) is 8.01. The number of hydrogen-bond donors (Lipinski definition) is 2. The Labute approximate surface area is 123 Å². The van der Waals surface area contributed by atoms with Crippen LogP contribution in [0.5, 0.6) is 0 Å². The van der Waals surface area contributed by atoms with Crippen molar-refractivity contribution in [2.75, 3.05) is 13.7 Å². The Morgan fingerprint density at radius 1 is 1.50 bits per heavy atom. The van der Waals surface area contributed by atoms with Gasteiger partial charge in [0.2, 0.25) is 0 Å². The molecule has 1 aromatic heterocycles. The Morgan fingerprint density at radius 3 is 2.70 bits per heavy atom. The highest BCUT2D eigenvalue weighted by Gasteiger charge is 2.21. The molecular formula is C14H21NO4S. The summed E-state index contributed by atoms with van der Waals surface area (Å²) in [6.07, 6.45) is 1.82. The van der Waals surface area contributed by atoms with Crippen LogP contribution in [0.4, 0.5) is 0 Å². The van der Waals surface area contributed by atoms with E-state index in [-0.39, 0.29) is 5.91 Å². The smallest absolute Gasteiger partial charge is 0.326 e. The summed E-state index contributed by atoms with van der Waals surface area (Å²) in [7, 11) is 1.56. The predicted molar refractivity (Wildman–Crippen MR) is 78.4 cm³/mol. The number of aryl methyl sites for hydroxylation is 2. The maximum Gasteiger partial charge on any atom is 0.326 e. The van der Waals surface area contributed by atoms with Gasteiger partial charge in [0, 0.05) is 18.6 Å². The fourth-order valence-electron chi connectivity index (χ4n) is 1.90. The molecule has 0 aliphatic rings. The average Bonchev–Trinajstić information content (AvgIpc) is 2.78. The van der Waals surface area contributed by atoms with E-state index in [0.29, 0.717) is 24.3 Å². The van der Waals surface area contributed by atoms with E-state index < -0.39 is 12.0 Å². The van der Waals surface area contributed by atoms with Crippen LogP contribution in [0.1, 0.15) is 39.9 Å². The predicted octanol–water partition coefficient (Wildman–Crippen LogP) is 2.23. The van der Waals surface area contributed by atoms with E-state index in [1.807, 2.05) is 19.9 Å². The molecule has 0 saturated carbocycles. The first-order valence-electron chi connectivity index (χ1n) is 6.61. The van der Waals surface area contributed by atoms with Gasteiger partial charge in [0.15, 0.2) is 0 Å². The first-order valence-corrected chi connectivity index (χ1v) is 7.43. The third kappa shape index (κ3) is 4.61. The SMILES string of the molecule is CCc1cc(C(=O)NC(CCCOC)C(=O)O)sc1C. The monoisotopic (exact) mass is 299 g/mol. The minimum atomic E-state index is -1.02. The largest absolute Gasteiger partial charge is 0.480 e. The van der Waals surface area contributed by atoms with E-state index in [0.717, 1.165) is 16.9 Å². The van der Waals surface area contributed by atoms with E-state index in [1.54, 1.807) is 7.11 Å². The summed E-state index contributed by atoms with van der Waals surface area (Å²) in [5.74, 6) is -1.33. The lowest BCUT2D eigenvalue weighted by Crippen LogP contribution is -2.40. The Bertz CT molecular complexity index is 470. The fourth-order valence-corrected chi connectivity index (χ4v) is 2.92. The van der Waals surface area contributed by atoms with Gasteiger partial charge >= 0.3 is 5.97 Å². The maximum atomic E-state index is 12.1. The number of methoxy groups -OCH3 is 1. The van der Waals surface area contributed by atoms with Gasteiger partial charge < -0.3 is 15.2 Å². The Morgan fingerprint density at radius 2 is 2.20 bits per heavy atom. The summed E-state index contributed by atoms with van der Waals surface area (Å²) in [5.41, 5.74) is 1.13. The summed E-state index contributed by atoms with van der Waals surface area (Å²) >= 11 is 1.40. The number of carboxylic acid groups (broad SMARTS) is 1. The molecule has 0 radical (unpaired) electrons. The molecule has 0 aromatic carbocycles. The van der Waals surface area contributed by atoms with E-state index in [2.05, 4.69) is 5.32 Å². The highest BCUT2D eigenvalue weighted by Crippen LogP contribution is 2.22. The van der Waals surface area contributed by atoms with Crippen molar-refractivity contribution >= 4 is 23.2 Å². The van der Waals surface area contributed by atoms with Crippen molar-refractivity contribution < 1.29 is 19.4 Å². The van der Waals surface area contributed by atoms with Gasteiger partial charge in [-0.15, -0.1) is 11.3 Å². The zero-order chi connectivity index (χ0) is 15.1. The molecule has 0 spiro atoms. The molecule has 1 heterocycles. The second-order valence-corrected chi connectivity index (χ2v) is 5.80. The molecule has 1 amide bonds. The van der Waals surface area contributed by atoms with Crippen LogP contribution in [0.2, 0.25) is 0 Å². The first kappa shape index (κ1) is 16.7. The number of carboxylic acids is 1. The number of rotatable bonds is 8. The van der Waals surface area contributed by atoms with Crippen LogP contribution >= 0.6 is 11.3 Å². The van der Waals surface area contributed by atoms with E-state index >= 15 is 0 Å². The van der Waals surface area contributed by atoms with Gasteiger partial charge in [0.25, 0.3) is 5.91 Å². The van der Waals surface area contributed by atoms with Gasteiger partial charge in [-0.2, -0.15) is 0 Å². The van der Waals surface area contributed by atoms with Crippen LogP contribution < -0.4 is 5.32 Å². The highest BCUT2D eigenvalue weighted by molar-refractivity contribution is 7.14. The third-order valence-corrected chi connectivity index (χ3v) is 4.16. The van der Waals surface area contributed by atoms with Crippen LogP contribution in [-0.2, 0) is 16.0 Å². The topological polar surface area (TPSA) is 75.6 Å². The Kier molecular flexibility index (Phi) is 6.67. The molecule has 6 heteroatoms. The van der Waals surface area contributed by atoms with Gasteiger partial charge in [-0.3, -0.25) is 4.79 Å². The highest BCUT2D eigenvalue weighted by atomic mass is 32.1. The van der Waals surface area contributed by atoms with Crippen LogP contribution in [0, 0.1) is 6.92 Å². The fraction of sp³-hybridized carbons (Fsp3) is 0.571. The molecule has 1 aromatic rings. The summed E-state index contributed by atoms with van der Waals surface area (Å²) in [5, 5.41) is 11.7. The molecule has 2 N–H and O–H groups in total. The van der Waals surface area contributed by atoms with Crippen molar-refractivity contribution in [3.05, 3.63) is 21.4 Å². The molecule has 0 fully saturated rings. The minimum Gasteiger partial charge on any atom is -0.480 e. The number of thiophene rings is 1. The van der Waals surface area contributed by atoms with Crippen molar-refractivity contribution in [2.45, 2.75) is 39.2 Å². The number of carbonyl (C=O) groups is 2. The lowest BCUT2D eigenvalue weighted by molar-refractivity contribution is -0.139. The van der Waals surface area contributed by atoms with Crippen molar-refractivity contribution in [1.82, 2.24) is 5.32 Å². The van der Waals surface area contributed by atoms with Crippen LogP contribution in [-0.4, -0.2) is 36.7 Å². The molecule has 0 saturated heterocycles. The van der Waals surface area contributed by atoms with Gasteiger partial charge in [-0.25, -0.2) is 4.79 Å². The quantitative estimate of drug-likeness (QED) is 0.722. The standard InChI is InChI=1S/C14H21NO4S/c1-4-10-8-12(20-9(10)2)13(16)15-11(14(17)18)6-5-7-19-3/h8,11H,4-7H2,1-3H3,(H,15,16)(H,17,18). The number of nitrogens with one attached hydrogen (secondary N) is 1. The molecular weight excluding hydrogens is 278 g/mol. The molecule has 20 heavy (non-hydrogen) atoms. The van der Waals surface area contributed by atoms with E-state index in [1.165, 1.54) is 11.3 Å². The molecule has 1 rings (SSSR count). The second-order valence-electron chi connectivity index (χ2n) is 4.54. The first-order chi connectivity index (χ1) is 9.49. The number of carbonyl (C=O) groups excluding carboxylic acids is 1. The lowest BCUT2D eigenvalue weighted by Gasteiger charge is -2.13. The van der Waals surface area contributed by atoms with Gasteiger partial charge in [0.05, 0.1) is 4.88 Å². The van der Waals surface area contributed by atoms with Crippen molar-refractivity contribution in [3.63, 3.8) is 0 Å². The zero-order valence-corrected chi connectivity index (χ0v) is 12.9. The maximum absolute atomic E-state index is 12.1. The van der Waals surface area contributed by atoms with Gasteiger partial charge in [0.1, 0.15) is 6.04 Å².